The maximum Gasteiger partial charge on any atom is 0.472 e. The predicted octanol–water partition coefficient (Wildman–Crippen LogP) is 9.02. The number of likely N-dealkylation sites (N-methyl/N-ethyl adjacent to an activating group) is 1. The van der Waals surface area contributed by atoms with Gasteiger partial charge in [-0.05, 0) is 32.1 Å². The molecule has 0 aromatic heterocycles. The SMILES string of the molecule is CCCCCCCCCC/C=C/CC/C=C/[C@@H](O)[C@H](COP(=O)(O)OCC[N+](C)(C)C)NC(=O)CCCCCCCCCCC. The van der Waals surface area contributed by atoms with Gasteiger partial charge in [-0.1, -0.05) is 134 Å². The van der Waals surface area contributed by atoms with Crippen LogP contribution >= 0.6 is 7.82 Å². The van der Waals surface area contributed by atoms with Crippen molar-refractivity contribution in [3.05, 3.63) is 24.3 Å². The van der Waals surface area contributed by atoms with Crippen LogP contribution in [0.4, 0.5) is 0 Å². The highest BCUT2D eigenvalue weighted by atomic mass is 31.2. The Morgan fingerprint density at radius 3 is 1.78 bits per heavy atom. The summed E-state index contributed by atoms with van der Waals surface area (Å²) >= 11 is 0. The molecule has 0 radical (unpaired) electrons. The van der Waals surface area contributed by atoms with E-state index in [1.54, 1.807) is 6.08 Å². The van der Waals surface area contributed by atoms with E-state index in [0.717, 1.165) is 38.5 Å². The van der Waals surface area contributed by atoms with E-state index in [9.17, 15) is 19.4 Å². The Morgan fingerprint density at radius 2 is 1.22 bits per heavy atom. The summed E-state index contributed by atoms with van der Waals surface area (Å²) < 4.78 is 23.4. The van der Waals surface area contributed by atoms with Crippen LogP contribution in [0.25, 0.3) is 0 Å². The first kappa shape index (κ1) is 44.0. The Kier molecular flexibility index (Phi) is 28.5. The van der Waals surface area contributed by atoms with Crippen LogP contribution in [0.15, 0.2) is 24.3 Å². The lowest BCUT2D eigenvalue weighted by molar-refractivity contribution is -0.870. The number of hydrogen-bond acceptors (Lipinski definition) is 5. The van der Waals surface area contributed by atoms with Gasteiger partial charge in [0.25, 0.3) is 0 Å². The minimum absolute atomic E-state index is 0.0575. The summed E-state index contributed by atoms with van der Waals surface area (Å²) in [5.41, 5.74) is 0. The van der Waals surface area contributed by atoms with Gasteiger partial charge < -0.3 is 19.8 Å². The van der Waals surface area contributed by atoms with Gasteiger partial charge in [-0.3, -0.25) is 13.8 Å². The molecule has 0 saturated carbocycles. The number of carbonyl (C=O) groups excluding carboxylic acids is 1. The van der Waals surface area contributed by atoms with E-state index in [1.807, 2.05) is 27.2 Å². The second-order valence-corrected chi connectivity index (χ2v) is 15.0. The van der Waals surface area contributed by atoms with Crippen molar-refractivity contribution in [3.63, 3.8) is 0 Å². The number of phosphoric ester groups is 1. The molecule has 8 nitrogen and oxygen atoms in total. The molecule has 45 heavy (non-hydrogen) atoms. The third kappa shape index (κ3) is 31.4. The number of phosphoric acid groups is 1. The third-order valence-electron chi connectivity index (χ3n) is 7.92. The molecule has 0 fully saturated rings. The molecule has 3 atom stereocenters. The summed E-state index contributed by atoms with van der Waals surface area (Å²) in [5, 5.41) is 13.7. The molecule has 266 valence electrons. The van der Waals surface area contributed by atoms with Crippen LogP contribution < -0.4 is 5.32 Å². The first-order valence-corrected chi connectivity index (χ1v) is 19.7. The summed E-state index contributed by atoms with van der Waals surface area (Å²) in [4.78, 5) is 22.9. The van der Waals surface area contributed by atoms with Gasteiger partial charge >= 0.3 is 7.82 Å². The van der Waals surface area contributed by atoms with E-state index in [1.165, 1.54) is 89.9 Å². The number of hydrogen-bond donors (Lipinski definition) is 3. The Bertz CT molecular complexity index is 799. The van der Waals surface area contributed by atoms with Gasteiger partial charge in [0.2, 0.25) is 5.91 Å². The molecule has 0 aliphatic rings. The maximum atomic E-state index is 12.7. The number of aliphatic hydroxyl groups excluding tert-OH is 1. The second-order valence-electron chi connectivity index (χ2n) is 13.6. The molecule has 1 amide bonds. The summed E-state index contributed by atoms with van der Waals surface area (Å²) in [6, 6.07) is -0.854. The van der Waals surface area contributed by atoms with Crippen molar-refractivity contribution in [2.24, 2.45) is 0 Å². The van der Waals surface area contributed by atoms with Gasteiger partial charge in [0.05, 0.1) is 39.9 Å². The van der Waals surface area contributed by atoms with Crippen molar-refractivity contribution >= 4 is 13.7 Å². The standard InChI is InChI=1S/C36H71N2O6P/c1-6-8-10-12-14-16-17-18-19-20-22-23-25-27-29-35(39)34(33-44-45(41,42)43-32-31-38(3,4)5)37-36(40)30-28-26-24-21-15-13-11-9-7-2/h20,22,27,29,34-35,39H,6-19,21,23-26,28,30-33H2,1-5H3,(H-,37,40,41,42)/p+1/b22-20+,29-27+/t34-,35+/m0/s1. The van der Waals surface area contributed by atoms with Crippen molar-refractivity contribution in [2.45, 2.75) is 161 Å². The Morgan fingerprint density at radius 1 is 0.733 bits per heavy atom. The molecule has 0 saturated heterocycles. The number of nitrogens with one attached hydrogen (secondary N) is 1. The maximum absolute atomic E-state index is 12.7. The first-order chi connectivity index (χ1) is 21.5. The number of aliphatic hydroxyl groups is 1. The van der Waals surface area contributed by atoms with Gasteiger partial charge in [0, 0.05) is 6.42 Å². The fourth-order valence-electron chi connectivity index (χ4n) is 4.94. The molecule has 0 aliphatic carbocycles. The number of amides is 1. The van der Waals surface area contributed by atoms with E-state index >= 15 is 0 Å². The van der Waals surface area contributed by atoms with Gasteiger partial charge in [-0.15, -0.1) is 0 Å². The lowest BCUT2D eigenvalue weighted by Crippen LogP contribution is -2.45. The van der Waals surface area contributed by atoms with E-state index in [4.69, 9.17) is 9.05 Å². The van der Waals surface area contributed by atoms with Crippen LogP contribution in [0.1, 0.15) is 149 Å². The minimum Gasteiger partial charge on any atom is -0.387 e. The van der Waals surface area contributed by atoms with E-state index in [2.05, 4.69) is 31.3 Å². The molecule has 1 unspecified atom stereocenters. The zero-order valence-electron chi connectivity index (χ0n) is 29.9. The van der Waals surface area contributed by atoms with Crippen molar-refractivity contribution < 1.29 is 32.9 Å². The topological polar surface area (TPSA) is 105 Å². The first-order valence-electron chi connectivity index (χ1n) is 18.2. The molecular formula is C36H72N2O6P+. The minimum atomic E-state index is -4.33. The van der Waals surface area contributed by atoms with Crippen molar-refractivity contribution in [1.82, 2.24) is 5.32 Å². The highest BCUT2D eigenvalue weighted by molar-refractivity contribution is 7.47. The third-order valence-corrected chi connectivity index (χ3v) is 8.91. The van der Waals surface area contributed by atoms with Crippen LogP contribution in [-0.4, -0.2) is 73.4 Å². The average Bonchev–Trinajstić information content (AvgIpc) is 2.97. The van der Waals surface area contributed by atoms with Crippen LogP contribution in [0.2, 0.25) is 0 Å². The zero-order valence-corrected chi connectivity index (χ0v) is 30.8. The van der Waals surface area contributed by atoms with Crippen LogP contribution in [0.5, 0.6) is 0 Å². The van der Waals surface area contributed by atoms with Gasteiger partial charge in [-0.2, -0.15) is 0 Å². The quantitative estimate of drug-likeness (QED) is 0.0288. The molecule has 0 spiro atoms. The number of carbonyl (C=O) groups is 1. The zero-order chi connectivity index (χ0) is 33.7. The van der Waals surface area contributed by atoms with Crippen LogP contribution in [-0.2, 0) is 18.4 Å². The van der Waals surface area contributed by atoms with E-state index < -0.39 is 20.0 Å². The molecule has 9 heteroatoms. The summed E-state index contributed by atoms with van der Waals surface area (Å²) in [6.07, 6.45) is 31.0. The molecule has 0 aromatic rings. The predicted molar refractivity (Wildman–Crippen MR) is 189 cm³/mol. The number of unbranched alkanes of at least 4 members (excludes halogenated alkanes) is 17. The number of nitrogens with zero attached hydrogens (tertiary/aromatic N) is 1. The number of rotatable bonds is 32. The highest BCUT2D eigenvalue weighted by Crippen LogP contribution is 2.43. The largest absolute Gasteiger partial charge is 0.472 e. The fourth-order valence-corrected chi connectivity index (χ4v) is 5.67. The second kappa shape index (κ2) is 29.1. The highest BCUT2D eigenvalue weighted by Gasteiger charge is 2.27. The summed E-state index contributed by atoms with van der Waals surface area (Å²) in [5.74, 6) is -0.193. The molecular weight excluding hydrogens is 587 g/mol. The van der Waals surface area contributed by atoms with Crippen molar-refractivity contribution in [1.29, 1.82) is 0 Å². The summed E-state index contributed by atoms with van der Waals surface area (Å²) in [6.45, 7) is 4.73. The number of allylic oxidation sites excluding steroid dienone is 3. The molecule has 0 heterocycles. The van der Waals surface area contributed by atoms with Crippen LogP contribution in [0.3, 0.4) is 0 Å². The molecule has 0 aliphatic heterocycles. The van der Waals surface area contributed by atoms with E-state index in [-0.39, 0.29) is 19.1 Å². The molecule has 0 aromatic carbocycles. The lowest BCUT2D eigenvalue weighted by atomic mass is 10.1. The Labute approximate surface area is 277 Å². The molecule has 3 N–H and O–H groups in total. The smallest absolute Gasteiger partial charge is 0.387 e. The average molecular weight is 660 g/mol. The van der Waals surface area contributed by atoms with Gasteiger partial charge in [-0.25, -0.2) is 4.57 Å². The normalized spacial score (nSPS) is 15.1. The van der Waals surface area contributed by atoms with Gasteiger partial charge in [0.1, 0.15) is 13.2 Å². The molecule has 0 rings (SSSR count). The van der Waals surface area contributed by atoms with Gasteiger partial charge in [0.15, 0.2) is 0 Å². The number of quaternary nitrogens is 1. The lowest BCUT2D eigenvalue weighted by Gasteiger charge is -2.25. The molecule has 0 bridgehead atoms. The van der Waals surface area contributed by atoms with Crippen LogP contribution in [0, 0.1) is 0 Å². The Balaban J connectivity index is 4.63. The Hall–Kier alpha value is -1.02. The monoisotopic (exact) mass is 660 g/mol. The van der Waals surface area contributed by atoms with Crippen molar-refractivity contribution in [2.75, 3.05) is 40.9 Å². The van der Waals surface area contributed by atoms with E-state index in [0.29, 0.717) is 17.4 Å². The van der Waals surface area contributed by atoms with Crippen molar-refractivity contribution in [3.8, 4) is 0 Å². The summed E-state index contributed by atoms with van der Waals surface area (Å²) in [7, 11) is 1.55. The fraction of sp³-hybridized carbons (Fsp3) is 0.861.